The van der Waals surface area contributed by atoms with E-state index in [1.807, 2.05) is 5.32 Å². The van der Waals surface area contributed by atoms with Crippen molar-refractivity contribution in [3.63, 3.8) is 0 Å². The van der Waals surface area contributed by atoms with E-state index in [1.165, 1.54) is 66.7 Å². The van der Waals surface area contributed by atoms with Gasteiger partial charge in [-0.05, 0) is 63.4 Å². The fourth-order valence-corrected chi connectivity index (χ4v) is 9.32. The lowest BCUT2D eigenvalue weighted by Crippen LogP contribution is -2.82. The largest absolute Gasteiger partial charge is 0.509 e. The number of aliphatic hydroxyl groups is 3. The van der Waals surface area contributed by atoms with Crippen LogP contribution in [-0.4, -0.2) is 124 Å². The van der Waals surface area contributed by atoms with Crippen molar-refractivity contribution in [1.82, 2.24) is 5.32 Å². The fourth-order valence-electron chi connectivity index (χ4n) is 9.32. The van der Waals surface area contributed by atoms with Crippen molar-refractivity contribution in [2.75, 3.05) is 13.7 Å². The van der Waals surface area contributed by atoms with E-state index in [0.717, 1.165) is 20.1 Å². The molecule has 5 rings (SSSR count). The average molecular weight is 893 g/mol. The van der Waals surface area contributed by atoms with E-state index in [2.05, 4.69) is 10.0 Å². The molecule has 0 aromatic heterocycles. The Morgan fingerprint density at radius 3 is 2.33 bits per heavy atom. The first-order valence-electron chi connectivity index (χ1n) is 19.7. The molecule has 11 atom stereocenters. The zero-order chi connectivity index (χ0) is 47.2. The van der Waals surface area contributed by atoms with Crippen LogP contribution >= 0.6 is 0 Å². The Bertz CT molecular complexity index is 2170. The number of fused-ring (bicyclic) bond motifs is 5. The average Bonchev–Trinajstić information content (AvgIpc) is 3.17. The Balaban J connectivity index is 1.76. The van der Waals surface area contributed by atoms with Crippen LogP contribution in [0.3, 0.4) is 0 Å². The lowest BCUT2D eigenvalue weighted by molar-refractivity contribution is -0.346. The number of alkyl carbamates (subject to hydrolysis) is 1. The van der Waals surface area contributed by atoms with Crippen molar-refractivity contribution >= 4 is 41.6 Å². The summed E-state index contributed by atoms with van der Waals surface area (Å²) in [5.74, 6) is -6.54. The topological polar surface area (TPSA) is 289 Å². The Labute approximate surface area is 359 Å². The number of hydrogen-bond acceptors (Lipinski definition) is 17. The second-order valence-corrected chi connectivity index (χ2v) is 17.6. The maximum Gasteiger partial charge on any atom is 0.509 e. The highest BCUT2D eigenvalue weighted by Crippen LogP contribution is 2.64. The predicted molar refractivity (Wildman–Crippen MR) is 209 cm³/mol. The molecule has 4 N–H and O–H groups in total. The van der Waals surface area contributed by atoms with Gasteiger partial charge >= 0.3 is 30.2 Å². The number of benzene rings is 1. The number of hydrogen-bond donors (Lipinski definition) is 4. The summed E-state index contributed by atoms with van der Waals surface area (Å²) in [6.07, 6.45) is -17.5. The molecule has 1 saturated heterocycles. The van der Waals surface area contributed by atoms with Gasteiger partial charge in [0.25, 0.3) is 6.08 Å². The van der Waals surface area contributed by atoms with Crippen LogP contribution in [0.15, 0.2) is 52.7 Å². The highest BCUT2D eigenvalue weighted by molar-refractivity contribution is 5.95. The minimum atomic E-state index is -2.64. The van der Waals surface area contributed by atoms with Gasteiger partial charge in [0.2, 0.25) is 0 Å². The number of aliphatic hydroxyl groups excluding tert-OH is 2. The van der Waals surface area contributed by atoms with Crippen molar-refractivity contribution in [3.8, 4) is 0 Å². The van der Waals surface area contributed by atoms with Crippen LogP contribution in [0.4, 0.5) is 24.1 Å². The van der Waals surface area contributed by atoms with Gasteiger partial charge in [-0.25, -0.2) is 19.2 Å². The zero-order valence-electron chi connectivity index (χ0n) is 35.9. The predicted octanol–water partition coefficient (Wildman–Crippen LogP) is 4.40. The van der Waals surface area contributed by atoms with Crippen molar-refractivity contribution in [1.29, 1.82) is 0 Å². The zero-order valence-corrected chi connectivity index (χ0v) is 35.9. The van der Waals surface area contributed by atoms with Crippen LogP contribution in [0, 0.1) is 16.7 Å². The molecule has 20 nitrogen and oxygen atoms in total. The normalized spacial score (nSPS) is 31.6. The third-order valence-corrected chi connectivity index (χ3v) is 12.3. The Morgan fingerprint density at radius 1 is 1.11 bits per heavy atom. The highest BCUT2D eigenvalue weighted by Gasteiger charge is 2.78. The lowest BCUT2D eigenvalue weighted by Gasteiger charge is -2.67. The molecule has 1 heterocycles. The van der Waals surface area contributed by atoms with Crippen LogP contribution in [-0.2, 0) is 47.5 Å². The van der Waals surface area contributed by atoms with Crippen LogP contribution < -0.4 is 5.32 Å². The molecule has 63 heavy (non-hydrogen) atoms. The Morgan fingerprint density at radius 2 is 1.78 bits per heavy atom. The Kier molecular flexibility index (Phi) is 13.4. The maximum absolute atomic E-state index is 15.5. The molecule has 3 fully saturated rings. The quantitative estimate of drug-likeness (QED) is 0.0632. The molecule has 4 aliphatic rings. The van der Waals surface area contributed by atoms with Gasteiger partial charge in [0, 0.05) is 41.9 Å². The molecule has 1 aliphatic heterocycles. The van der Waals surface area contributed by atoms with E-state index in [1.54, 1.807) is 0 Å². The second kappa shape index (κ2) is 17.5. The number of rotatable bonds is 10. The van der Waals surface area contributed by atoms with Gasteiger partial charge in [0.15, 0.2) is 23.6 Å². The van der Waals surface area contributed by atoms with Crippen molar-refractivity contribution in [2.24, 2.45) is 21.9 Å². The number of nitrogens with zero attached hydrogens (tertiary/aromatic N) is 3. The second-order valence-electron chi connectivity index (χ2n) is 17.6. The third-order valence-electron chi connectivity index (χ3n) is 12.3. The molecular weight excluding hydrogens is 842 g/mol. The van der Waals surface area contributed by atoms with Crippen LogP contribution in [0.25, 0.3) is 10.4 Å². The van der Waals surface area contributed by atoms with E-state index in [9.17, 15) is 48.1 Å². The van der Waals surface area contributed by atoms with E-state index in [0.29, 0.717) is 0 Å². The van der Waals surface area contributed by atoms with E-state index >= 15 is 4.79 Å². The minimum Gasteiger partial charge on any atom is -0.456 e. The summed E-state index contributed by atoms with van der Waals surface area (Å²) in [6.45, 7) is 10.4. The number of halogens is 2. The number of azide groups is 1. The van der Waals surface area contributed by atoms with Gasteiger partial charge in [-0.15, -0.1) is 0 Å². The van der Waals surface area contributed by atoms with Crippen LogP contribution in [0.1, 0.15) is 78.6 Å². The number of carbonyl (C=O) groups is 6. The van der Waals surface area contributed by atoms with Gasteiger partial charge < -0.3 is 53.8 Å². The summed E-state index contributed by atoms with van der Waals surface area (Å²) in [7, 11) is 0.945. The van der Waals surface area contributed by atoms with Gasteiger partial charge in [0.1, 0.15) is 29.5 Å². The van der Waals surface area contributed by atoms with E-state index in [-0.39, 0.29) is 34.9 Å². The number of ether oxygens (including phenoxy) is 7. The molecule has 2 saturated carbocycles. The van der Waals surface area contributed by atoms with Crippen molar-refractivity contribution in [2.45, 2.75) is 128 Å². The first-order valence-corrected chi connectivity index (χ1v) is 19.7. The number of esters is 3. The molecule has 0 radical (unpaired) electrons. The molecule has 0 unspecified atom stereocenters. The summed E-state index contributed by atoms with van der Waals surface area (Å²) >= 11 is 0. The summed E-state index contributed by atoms with van der Waals surface area (Å²) in [4.78, 5) is 85.0. The summed E-state index contributed by atoms with van der Waals surface area (Å²) in [6, 6.07) is 3.04. The lowest BCUT2D eigenvalue weighted by atomic mass is 9.44. The van der Waals surface area contributed by atoms with E-state index in [4.69, 9.17) is 38.7 Å². The summed E-state index contributed by atoms with van der Waals surface area (Å²) < 4.78 is 66.6. The first-order chi connectivity index (χ1) is 29.2. The van der Waals surface area contributed by atoms with Crippen LogP contribution in [0.2, 0.25) is 0 Å². The molecule has 1 amide bonds. The van der Waals surface area contributed by atoms with E-state index < -0.39 is 131 Å². The standard InChI is InChI=1S/C41H50F2N4O16/c1-18-23(59-34(53)28(50)22(14-26(42)43)45-35(54)63-37(3,4)5)16-41(56)32(61-33(52)20-11-10-12-21(13-20)46-47-44)30-39(8,24(49)15-25-40(30,17-58-25)62-19(2)48)31(51)29(60-36(55)57-9)27(18)38(41,6)7/h10-14,22-25,28-30,32,49-50,56H,15-17H2,1-9H3,(H,45,54)/t22-,23-,24-,25+,28+,29+,30-,32-,39+,40-,41+/m0/s1. The molecule has 3 aliphatic carbocycles. The SMILES string of the molecule is COC(=O)O[C@H]1C(=O)[C@@]2(C)[C@H]([C@H](OC(=O)c3cccc(N=[N+]=[N-])c3)[C@]3(O)C[C@H](OC(=O)[C@H](O)[C@H](C=C(F)F)NC(=O)OC(C)(C)C)C(C)=C1C3(C)C)[C@]1(OC(C)=O)CO[C@@H]1C[C@@H]2O. The summed E-state index contributed by atoms with van der Waals surface area (Å²) in [5, 5.41) is 42.2. The fraction of sp³-hybridized carbons (Fsp3) is 0.610. The summed E-state index contributed by atoms with van der Waals surface area (Å²) in [5.41, 5.74) is -1.35. The Hall–Kier alpha value is -5.67. The van der Waals surface area contributed by atoms with Gasteiger partial charge in [0.05, 0.1) is 42.8 Å². The van der Waals surface area contributed by atoms with Crippen molar-refractivity contribution in [3.05, 3.63) is 63.6 Å². The van der Waals surface area contributed by atoms with Gasteiger partial charge in [-0.1, -0.05) is 31.1 Å². The molecule has 1 aromatic rings. The molecule has 0 spiro atoms. The maximum atomic E-state index is 15.5. The molecule has 344 valence electrons. The smallest absolute Gasteiger partial charge is 0.456 e. The number of Topliss-reactive ketones (excluding diaryl/α,β-unsaturated/α-hetero) is 1. The molecular formula is C41H50F2N4O16. The molecule has 22 heteroatoms. The third kappa shape index (κ3) is 8.82. The number of carbonyl (C=O) groups excluding carboxylic acids is 6. The molecule has 2 bridgehead atoms. The number of nitrogens with one attached hydrogen (secondary N) is 1. The van der Waals surface area contributed by atoms with Gasteiger partial charge in [-0.2, -0.15) is 8.78 Å². The number of methoxy groups -OCH3 is 1. The molecule has 1 aromatic carbocycles. The number of amides is 1. The number of ketones is 1. The van der Waals surface area contributed by atoms with Crippen molar-refractivity contribution < 1.29 is 86.0 Å². The highest BCUT2D eigenvalue weighted by atomic mass is 19.3. The van der Waals surface area contributed by atoms with Crippen LogP contribution in [0.5, 0.6) is 0 Å². The first kappa shape index (κ1) is 48.4. The monoisotopic (exact) mass is 892 g/mol. The minimum absolute atomic E-state index is 0.0191. The van der Waals surface area contributed by atoms with Gasteiger partial charge in [-0.3, -0.25) is 9.59 Å².